The van der Waals surface area contributed by atoms with Gasteiger partial charge in [0.1, 0.15) is 5.78 Å². The first-order valence-electron chi connectivity index (χ1n) is 8.45. The van der Waals surface area contributed by atoms with Gasteiger partial charge in [0.15, 0.2) is 0 Å². The molecule has 4 rings (SSSR count). The van der Waals surface area contributed by atoms with E-state index in [9.17, 15) is 9.59 Å². The highest BCUT2D eigenvalue weighted by atomic mass is 16.1. The number of benzene rings is 2. The van der Waals surface area contributed by atoms with E-state index in [4.69, 9.17) is 0 Å². The van der Waals surface area contributed by atoms with Crippen molar-refractivity contribution in [3.8, 4) is 11.3 Å². The highest BCUT2D eigenvalue weighted by Crippen LogP contribution is 2.30. The third-order valence-electron chi connectivity index (χ3n) is 4.92. The van der Waals surface area contributed by atoms with Crippen LogP contribution in [-0.2, 0) is 4.79 Å². The molecule has 0 spiro atoms. The summed E-state index contributed by atoms with van der Waals surface area (Å²) in [4.78, 5) is 27.2. The number of aromatic amines is 1. The largest absolute Gasteiger partial charge is 0.322 e. The van der Waals surface area contributed by atoms with E-state index in [2.05, 4.69) is 29.2 Å². The first kappa shape index (κ1) is 14.9. The van der Waals surface area contributed by atoms with Crippen molar-refractivity contribution in [2.45, 2.75) is 31.6 Å². The lowest BCUT2D eigenvalue weighted by atomic mass is 9.84. The molecule has 0 bridgehead atoms. The van der Waals surface area contributed by atoms with Crippen molar-refractivity contribution in [1.29, 1.82) is 0 Å². The average Bonchev–Trinajstić information content (AvgIpc) is 2.61. The standard InChI is InChI=1S/C21H19NO2/c23-18-7-3-6-16(13-18)19-10-11-20(22-21(19)24)17-9-8-14-4-1-2-5-15(14)12-17/h1-2,4-5,8-12,16H,3,6-7,13H2,(H,22,24). The highest BCUT2D eigenvalue weighted by Gasteiger charge is 2.23. The Bertz CT molecular complexity index is 971. The van der Waals surface area contributed by atoms with Crippen LogP contribution in [0.2, 0.25) is 0 Å². The molecular weight excluding hydrogens is 298 g/mol. The zero-order valence-electron chi connectivity index (χ0n) is 13.4. The fraction of sp³-hybridized carbons (Fsp3) is 0.238. The van der Waals surface area contributed by atoms with Gasteiger partial charge in [0.2, 0.25) is 0 Å². The molecule has 1 heterocycles. The van der Waals surface area contributed by atoms with Crippen LogP contribution in [0.1, 0.15) is 37.2 Å². The van der Waals surface area contributed by atoms with E-state index in [1.807, 2.05) is 30.3 Å². The Morgan fingerprint density at radius 3 is 2.54 bits per heavy atom. The van der Waals surface area contributed by atoms with Gasteiger partial charge < -0.3 is 4.98 Å². The molecule has 0 aliphatic heterocycles. The predicted octanol–water partition coefficient (Wildman–Crippen LogP) is 4.42. The lowest BCUT2D eigenvalue weighted by Crippen LogP contribution is -2.21. The summed E-state index contributed by atoms with van der Waals surface area (Å²) in [6.45, 7) is 0. The van der Waals surface area contributed by atoms with Crippen molar-refractivity contribution in [3.05, 3.63) is 70.5 Å². The topological polar surface area (TPSA) is 49.9 Å². The summed E-state index contributed by atoms with van der Waals surface area (Å²) >= 11 is 0. The van der Waals surface area contributed by atoms with Crippen LogP contribution in [0.4, 0.5) is 0 Å². The van der Waals surface area contributed by atoms with E-state index < -0.39 is 0 Å². The third kappa shape index (κ3) is 2.78. The quantitative estimate of drug-likeness (QED) is 0.760. The number of H-pyrrole nitrogens is 1. The number of rotatable bonds is 2. The van der Waals surface area contributed by atoms with E-state index in [-0.39, 0.29) is 17.3 Å². The van der Waals surface area contributed by atoms with Crippen LogP contribution < -0.4 is 5.56 Å². The van der Waals surface area contributed by atoms with Crippen LogP contribution >= 0.6 is 0 Å². The van der Waals surface area contributed by atoms with Gasteiger partial charge in [0.25, 0.3) is 5.56 Å². The van der Waals surface area contributed by atoms with Crippen LogP contribution in [0, 0.1) is 0 Å². The Kier molecular flexibility index (Phi) is 3.77. The van der Waals surface area contributed by atoms with E-state index in [0.717, 1.165) is 35.0 Å². The summed E-state index contributed by atoms with van der Waals surface area (Å²) in [5.74, 6) is 0.338. The summed E-state index contributed by atoms with van der Waals surface area (Å²) in [6, 6.07) is 18.2. The first-order valence-corrected chi connectivity index (χ1v) is 8.45. The van der Waals surface area contributed by atoms with E-state index in [1.54, 1.807) is 0 Å². The average molecular weight is 317 g/mol. The smallest absolute Gasteiger partial charge is 0.251 e. The fourth-order valence-corrected chi connectivity index (χ4v) is 3.62. The Labute approximate surface area is 140 Å². The number of carbonyl (C=O) groups excluding carboxylic acids is 1. The minimum absolute atomic E-state index is 0.0691. The number of aromatic nitrogens is 1. The molecule has 1 unspecified atom stereocenters. The van der Waals surface area contributed by atoms with Crippen molar-refractivity contribution in [1.82, 2.24) is 4.98 Å². The van der Waals surface area contributed by atoms with Crippen molar-refractivity contribution in [2.75, 3.05) is 0 Å². The van der Waals surface area contributed by atoms with Crippen molar-refractivity contribution < 1.29 is 4.79 Å². The van der Waals surface area contributed by atoms with Gasteiger partial charge in [-0.25, -0.2) is 0 Å². The number of nitrogens with one attached hydrogen (secondary N) is 1. The third-order valence-corrected chi connectivity index (χ3v) is 4.92. The van der Waals surface area contributed by atoms with Gasteiger partial charge in [-0.3, -0.25) is 9.59 Å². The zero-order chi connectivity index (χ0) is 16.5. The van der Waals surface area contributed by atoms with Gasteiger partial charge in [-0.15, -0.1) is 0 Å². The maximum absolute atomic E-state index is 12.5. The molecule has 3 nitrogen and oxygen atoms in total. The Balaban J connectivity index is 1.70. The molecular formula is C21H19NO2. The van der Waals surface area contributed by atoms with E-state index >= 15 is 0 Å². The maximum atomic E-state index is 12.5. The van der Waals surface area contributed by atoms with E-state index in [1.165, 1.54) is 5.39 Å². The number of carbonyl (C=O) groups is 1. The Morgan fingerprint density at radius 2 is 1.75 bits per heavy atom. The van der Waals surface area contributed by atoms with Crippen LogP contribution in [-0.4, -0.2) is 10.8 Å². The molecule has 1 atom stereocenters. The number of hydrogen-bond donors (Lipinski definition) is 1. The number of ketones is 1. The second-order valence-electron chi connectivity index (χ2n) is 6.55. The van der Waals surface area contributed by atoms with Crippen molar-refractivity contribution in [3.63, 3.8) is 0 Å². The number of Topliss-reactive ketones (excluding diaryl/α,β-unsaturated/α-hetero) is 1. The molecule has 1 saturated carbocycles. The van der Waals surface area contributed by atoms with Gasteiger partial charge in [-0.1, -0.05) is 42.5 Å². The molecule has 1 aliphatic rings. The first-order chi connectivity index (χ1) is 11.7. The minimum Gasteiger partial charge on any atom is -0.322 e. The summed E-state index contributed by atoms with van der Waals surface area (Å²) in [5.41, 5.74) is 2.49. The van der Waals surface area contributed by atoms with Crippen molar-refractivity contribution >= 4 is 16.6 Å². The molecule has 1 fully saturated rings. The van der Waals surface area contributed by atoms with Crippen LogP contribution in [0.15, 0.2) is 59.4 Å². The summed E-state index contributed by atoms with van der Waals surface area (Å²) in [5, 5.41) is 2.33. The van der Waals surface area contributed by atoms with Crippen LogP contribution in [0.5, 0.6) is 0 Å². The molecule has 3 heteroatoms. The van der Waals surface area contributed by atoms with Crippen LogP contribution in [0.25, 0.3) is 22.0 Å². The monoisotopic (exact) mass is 317 g/mol. The summed E-state index contributed by atoms with van der Waals surface area (Å²) < 4.78 is 0. The van der Waals surface area contributed by atoms with Crippen molar-refractivity contribution in [2.24, 2.45) is 0 Å². The number of hydrogen-bond acceptors (Lipinski definition) is 2. The lowest BCUT2D eigenvalue weighted by Gasteiger charge is -2.20. The van der Waals surface area contributed by atoms with Gasteiger partial charge in [0, 0.05) is 24.1 Å². The molecule has 1 N–H and O–H groups in total. The van der Waals surface area contributed by atoms with Crippen LogP contribution in [0.3, 0.4) is 0 Å². The minimum atomic E-state index is -0.0691. The Morgan fingerprint density at radius 1 is 0.917 bits per heavy atom. The Hall–Kier alpha value is -2.68. The second kappa shape index (κ2) is 6.08. The lowest BCUT2D eigenvalue weighted by molar-refractivity contribution is -0.120. The molecule has 1 aliphatic carbocycles. The predicted molar refractivity (Wildman–Crippen MR) is 96.2 cm³/mol. The molecule has 2 aromatic carbocycles. The molecule has 0 radical (unpaired) electrons. The second-order valence-corrected chi connectivity index (χ2v) is 6.55. The summed E-state index contributed by atoms with van der Waals surface area (Å²) in [6.07, 6.45) is 2.96. The SMILES string of the molecule is O=C1CCCC(c2ccc(-c3ccc4ccccc4c3)[nH]c2=O)C1. The molecule has 0 saturated heterocycles. The van der Waals surface area contributed by atoms with E-state index in [0.29, 0.717) is 12.8 Å². The molecule has 24 heavy (non-hydrogen) atoms. The molecule has 1 aromatic heterocycles. The number of fused-ring (bicyclic) bond motifs is 1. The molecule has 3 aromatic rings. The highest BCUT2D eigenvalue weighted by molar-refractivity contribution is 5.86. The number of pyridine rings is 1. The maximum Gasteiger partial charge on any atom is 0.251 e. The fourth-order valence-electron chi connectivity index (χ4n) is 3.62. The van der Waals surface area contributed by atoms with Gasteiger partial charge >= 0.3 is 0 Å². The van der Waals surface area contributed by atoms with Gasteiger partial charge in [-0.05, 0) is 47.2 Å². The van der Waals surface area contributed by atoms with Gasteiger partial charge in [0.05, 0.1) is 0 Å². The molecule has 120 valence electrons. The zero-order valence-corrected chi connectivity index (χ0v) is 13.4. The summed E-state index contributed by atoms with van der Waals surface area (Å²) in [7, 11) is 0. The molecule has 0 amide bonds. The normalized spacial score (nSPS) is 18.0. The van der Waals surface area contributed by atoms with Gasteiger partial charge in [-0.2, -0.15) is 0 Å².